The molecule has 1 N–H and O–H groups in total. The Hall–Kier alpha value is -1.60. The number of hydrogen-bond acceptors (Lipinski definition) is 5. The molecule has 0 unspecified atom stereocenters. The Kier molecular flexibility index (Phi) is 3.03. The van der Waals surface area contributed by atoms with Crippen molar-refractivity contribution < 1.29 is 26.9 Å². The van der Waals surface area contributed by atoms with Gasteiger partial charge in [-0.25, -0.2) is 4.79 Å². The molecular weight excluding hydrogens is 248 g/mol. The number of esters is 1. The van der Waals surface area contributed by atoms with E-state index in [0.717, 1.165) is 0 Å². The van der Waals surface area contributed by atoms with Crippen LogP contribution < -0.4 is 0 Å². The summed E-state index contributed by atoms with van der Waals surface area (Å²) in [6, 6.07) is 4.94. The van der Waals surface area contributed by atoms with E-state index in [-0.39, 0.29) is 13.0 Å². The predicted molar refractivity (Wildman–Crippen MR) is 58.7 cm³/mol. The molecule has 0 aromatic carbocycles. The van der Waals surface area contributed by atoms with Crippen molar-refractivity contribution in [3.8, 4) is 0 Å². The number of ether oxygens (including phenoxy) is 1. The van der Waals surface area contributed by atoms with Crippen LogP contribution in [0.1, 0.15) is 16.8 Å². The summed E-state index contributed by atoms with van der Waals surface area (Å²) in [5.74, 6) is -0.987. The first-order valence-electron chi connectivity index (χ1n) is 4.90. The molecule has 0 saturated heterocycles. The number of fused-ring (bicyclic) bond motifs is 2. The average Bonchev–Trinajstić information content (AvgIpc) is 2.84. The number of carbonyl (C=O) groups is 1. The smallest absolute Gasteiger partial charge is 0.342 e. The normalized spacial score (nSPS) is 12.1. The lowest BCUT2D eigenvalue weighted by molar-refractivity contribution is 0.0507. The lowest BCUT2D eigenvalue weighted by Crippen LogP contribution is -2.10. The van der Waals surface area contributed by atoms with Gasteiger partial charge in [-0.3, -0.25) is 4.55 Å². The third-order valence-corrected chi connectivity index (χ3v) is 2.98. The first kappa shape index (κ1) is 11.9. The van der Waals surface area contributed by atoms with Gasteiger partial charge in [-0.05, 0) is 24.6 Å². The van der Waals surface area contributed by atoms with Crippen molar-refractivity contribution in [3.05, 3.63) is 23.8 Å². The summed E-state index contributed by atoms with van der Waals surface area (Å²) in [5.41, 5.74) is 1.36. The SMILES string of the molecule is O=C(OCCCS(=O)(=O)O)c1cc2ccc1o2. The molecule has 0 radical (unpaired) electrons. The molecule has 0 amide bonds. The molecule has 2 bridgehead atoms. The zero-order valence-electron chi connectivity index (χ0n) is 8.75. The molecule has 0 aliphatic rings. The fraction of sp³-hybridized carbons (Fsp3) is 0.300. The highest BCUT2D eigenvalue weighted by Crippen LogP contribution is 2.22. The van der Waals surface area contributed by atoms with Gasteiger partial charge in [-0.1, -0.05) is 0 Å². The topological polar surface area (TPSA) is 93.8 Å². The minimum absolute atomic E-state index is 0.0560. The Labute approximate surface area is 97.2 Å². The van der Waals surface area contributed by atoms with Crippen molar-refractivity contribution in [1.29, 1.82) is 0 Å². The molecular formula is C10H10O6S. The minimum Gasteiger partial charge on any atom is -0.462 e. The van der Waals surface area contributed by atoms with E-state index in [9.17, 15) is 13.2 Å². The largest absolute Gasteiger partial charge is 0.462 e. The molecule has 0 aliphatic carbocycles. The van der Waals surface area contributed by atoms with Crippen LogP contribution in [0.5, 0.6) is 0 Å². The second-order valence-corrected chi connectivity index (χ2v) is 5.11. The molecule has 92 valence electrons. The zero-order chi connectivity index (χ0) is 12.5. The summed E-state index contributed by atoms with van der Waals surface area (Å²) in [4.78, 5) is 11.5. The fourth-order valence-electron chi connectivity index (χ4n) is 1.43. The van der Waals surface area contributed by atoms with Crippen LogP contribution >= 0.6 is 0 Å². The Morgan fingerprint density at radius 3 is 2.71 bits per heavy atom. The second-order valence-electron chi connectivity index (χ2n) is 3.54. The molecule has 6 nitrogen and oxygen atoms in total. The maximum atomic E-state index is 11.5. The van der Waals surface area contributed by atoms with Crippen molar-refractivity contribution in [3.63, 3.8) is 0 Å². The van der Waals surface area contributed by atoms with Crippen molar-refractivity contribution in [2.24, 2.45) is 0 Å². The molecule has 2 rings (SSSR count). The Bertz CT molecular complexity index is 611. The lowest BCUT2D eigenvalue weighted by atomic mass is 10.2. The summed E-state index contributed by atoms with van der Waals surface area (Å²) >= 11 is 0. The molecule has 7 heteroatoms. The van der Waals surface area contributed by atoms with Gasteiger partial charge in [0.25, 0.3) is 10.1 Å². The Morgan fingerprint density at radius 1 is 1.41 bits per heavy atom. The van der Waals surface area contributed by atoms with Gasteiger partial charge in [-0.2, -0.15) is 8.42 Å². The highest BCUT2D eigenvalue weighted by Gasteiger charge is 2.16. The van der Waals surface area contributed by atoms with E-state index < -0.39 is 21.8 Å². The van der Waals surface area contributed by atoms with E-state index in [2.05, 4.69) is 0 Å². The lowest BCUT2D eigenvalue weighted by Gasteiger charge is -2.02. The van der Waals surface area contributed by atoms with Crippen LogP contribution in [0.25, 0.3) is 11.2 Å². The van der Waals surface area contributed by atoms with Gasteiger partial charge in [-0.15, -0.1) is 0 Å². The summed E-state index contributed by atoms with van der Waals surface area (Å²) in [7, 11) is -4.00. The van der Waals surface area contributed by atoms with E-state index >= 15 is 0 Å². The van der Waals surface area contributed by atoms with Crippen LogP contribution in [0.15, 0.2) is 22.6 Å². The number of rotatable bonds is 5. The van der Waals surface area contributed by atoms with Gasteiger partial charge in [0, 0.05) is 0 Å². The maximum Gasteiger partial charge on any atom is 0.342 e. The molecule has 0 saturated carbocycles. The highest BCUT2D eigenvalue weighted by molar-refractivity contribution is 7.85. The van der Waals surface area contributed by atoms with Crippen LogP contribution in [-0.2, 0) is 14.9 Å². The fourth-order valence-corrected chi connectivity index (χ4v) is 1.91. The summed E-state index contributed by atoms with van der Waals surface area (Å²) in [6.45, 7) is -0.0672. The first-order valence-corrected chi connectivity index (χ1v) is 6.51. The summed E-state index contributed by atoms with van der Waals surface area (Å²) in [5, 5.41) is 0. The van der Waals surface area contributed by atoms with Crippen LogP contribution in [0.2, 0.25) is 0 Å². The third-order valence-electron chi connectivity index (χ3n) is 2.18. The molecule has 0 fully saturated rings. The van der Waals surface area contributed by atoms with Gasteiger partial charge in [0.2, 0.25) is 0 Å². The van der Waals surface area contributed by atoms with Gasteiger partial charge < -0.3 is 9.15 Å². The van der Waals surface area contributed by atoms with Crippen molar-refractivity contribution in [1.82, 2.24) is 0 Å². The van der Waals surface area contributed by atoms with Crippen LogP contribution in [0, 0.1) is 0 Å². The summed E-state index contributed by atoms with van der Waals surface area (Å²) in [6.07, 6.45) is 0.0560. The molecule has 17 heavy (non-hydrogen) atoms. The highest BCUT2D eigenvalue weighted by atomic mass is 32.2. The zero-order valence-corrected chi connectivity index (χ0v) is 9.57. The average molecular weight is 258 g/mol. The van der Waals surface area contributed by atoms with Crippen molar-refractivity contribution >= 4 is 27.3 Å². The van der Waals surface area contributed by atoms with Crippen LogP contribution in [0.4, 0.5) is 0 Å². The molecule has 2 aromatic rings. The van der Waals surface area contributed by atoms with Gasteiger partial charge in [0.1, 0.15) is 16.7 Å². The first-order chi connectivity index (χ1) is 7.96. The van der Waals surface area contributed by atoms with Gasteiger partial charge in [0.05, 0.1) is 12.4 Å². The monoisotopic (exact) mass is 258 g/mol. The van der Waals surface area contributed by atoms with Gasteiger partial charge in [0.15, 0.2) is 0 Å². The number of carbonyl (C=O) groups excluding carboxylic acids is 1. The second kappa shape index (κ2) is 4.34. The van der Waals surface area contributed by atoms with Crippen LogP contribution in [-0.4, -0.2) is 31.3 Å². The van der Waals surface area contributed by atoms with Crippen molar-refractivity contribution in [2.45, 2.75) is 6.42 Å². The van der Waals surface area contributed by atoms with E-state index in [1.54, 1.807) is 18.2 Å². The predicted octanol–water partition coefficient (Wildman–Crippen LogP) is 1.31. The van der Waals surface area contributed by atoms with E-state index in [1.165, 1.54) is 0 Å². The molecule has 0 atom stereocenters. The van der Waals surface area contributed by atoms with E-state index in [1.807, 2.05) is 0 Å². The van der Waals surface area contributed by atoms with E-state index in [0.29, 0.717) is 16.7 Å². The van der Waals surface area contributed by atoms with Crippen LogP contribution in [0.3, 0.4) is 0 Å². The molecule has 2 heterocycles. The van der Waals surface area contributed by atoms with Crippen molar-refractivity contribution in [2.75, 3.05) is 12.4 Å². The standard InChI is InChI=1S/C10H10O6S/c11-10(15-4-1-5-17(12,13)14)8-6-7-2-3-9(8)16-7/h2-3,6H,1,4-5H2,(H,12,13,14). The quantitative estimate of drug-likeness (QED) is 0.493. The minimum atomic E-state index is -4.00. The molecule has 0 spiro atoms. The number of benzene rings is 1. The van der Waals surface area contributed by atoms with Gasteiger partial charge >= 0.3 is 5.97 Å². The molecule has 2 aromatic heterocycles. The Morgan fingerprint density at radius 2 is 2.18 bits per heavy atom. The number of hydrogen-bond donors (Lipinski definition) is 1. The number of furan rings is 2. The van der Waals surface area contributed by atoms with E-state index in [4.69, 9.17) is 13.7 Å². The maximum absolute atomic E-state index is 11.5. The summed E-state index contributed by atoms with van der Waals surface area (Å²) < 4.78 is 39.3. The third kappa shape index (κ3) is 2.95. The molecule has 0 aliphatic heterocycles. The Balaban J connectivity index is 1.84.